The van der Waals surface area contributed by atoms with E-state index < -0.39 is 27.1 Å². The van der Waals surface area contributed by atoms with E-state index in [0.29, 0.717) is 27.4 Å². The van der Waals surface area contributed by atoms with Crippen LogP contribution < -0.4 is 4.72 Å². The first-order valence-corrected chi connectivity index (χ1v) is 12.1. The largest absolute Gasteiger partial charge is 0.404 e. The Morgan fingerprint density at radius 2 is 2.00 bits per heavy atom. The number of pyridine rings is 1. The molecular formula is C22H20ClF3N4O2S. The van der Waals surface area contributed by atoms with Gasteiger partial charge in [-0.3, -0.25) is 4.98 Å². The number of hydrogen-bond acceptors (Lipinski definition) is 4. The molecule has 0 amide bonds. The van der Waals surface area contributed by atoms with Crippen LogP contribution in [0, 0.1) is 18.3 Å². The van der Waals surface area contributed by atoms with E-state index in [1.54, 1.807) is 10.8 Å². The smallest absolute Gasteiger partial charge is 0.335 e. The monoisotopic (exact) mass is 496 g/mol. The fourth-order valence-corrected chi connectivity index (χ4v) is 5.21. The van der Waals surface area contributed by atoms with Gasteiger partial charge >= 0.3 is 6.18 Å². The van der Waals surface area contributed by atoms with Gasteiger partial charge in [-0.1, -0.05) is 11.6 Å². The summed E-state index contributed by atoms with van der Waals surface area (Å²) in [5, 5.41) is 11.1. The number of alkyl halides is 3. The summed E-state index contributed by atoms with van der Waals surface area (Å²) in [5.41, 5.74) is 2.96. The molecule has 6 nitrogen and oxygen atoms in total. The molecule has 0 unspecified atom stereocenters. The first-order valence-electron chi connectivity index (χ1n) is 10.2. The van der Waals surface area contributed by atoms with Crippen LogP contribution in [0.1, 0.15) is 43.4 Å². The van der Waals surface area contributed by atoms with Gasteiger partial charge in [-0.25, -0.2) is 8.42 Å². The number of fused-ring (bicyclic) bond motifs is 1. The number of nitrogens with zero attached hydrogens (tertiary/aromatic N) is 3. The molecule has 1 N–H and O–H groups in total. The predicted molar refractivity (Wildman–Crippen MR) is 118 cm³/mol. The minimum absolute atomic E-state index is 0.157. The van der Waals surface area contributed by atoms with E-state index in [-0.39, 0.29) is 6.04 Å². The predicted octanol–water partition coefficient (Wildman–Crippen LogP) is 5.49. The van der Waals surface area contributed by atoms with E-state index in [9.17, 15) is 26.9 Å². The van der Waals surface area contributed by atoms with Crippen LogP contribution in [0.2, 0.25) is 5.02 Å². The second kappa shape index (κ2) is 8.31. The van der Waals surface area contributed by atoms with Gasteiger partial charge in [0.2, 0.25) is 10.0 Å². The first-order chi connectivity index (χ1) is 15.4. The molecule has 0 bridgehead atoms. The lowest BCUT2D eigenvalue weighted by molar-refractivity contribution is -0.147. The summed E-state index contributed by atoms with van der Waals surface area (Å²) in [5.74, 6) is 0. The molecular weight excluding hydrogens is 477 g/mol. The number of sulfonamides is 1. The maximum absolute atomic E-state index is 12.8. The van der Waals surface area contributed by atoms with Crippen LogP contribution in [0.25, 0.3) is 22.3 Å². The summed E-state index contributed by atoms with van der Waals surface area (Å²) < 4.78 is 66.8. The van der Waals surface area contributed by atoms with Crippen molar-refractivity contribution in [1.82, 2.24) is 14.3 Å². The van der Waals surface area contributed by atoms with E-state index in [1.165, 1.54) is 12.1 Å². The highest BCUT2D eigenvalue weighted by molar-refractivity contribution is 7.89. The average Bonchev–Trinajstić information content (AvgIpc) is 2.99. The van der Waals surface area contributed by atoms with E-state index in [1.807, 2.05) is 17.6 Å². The minimum Gasteiger partial charge on any atom is -0.335 e. The summed E-state index contributed by atoms with van der Waals surface area (Å²) >= 11 is 6.31. The number of benzene rings is 1. The van der Waals surface area contributed by atoms with Crippen molar-refractivity contribution in [2.45, 2.75) is 56.3 Å². The van der Waals surface area contributed by atoms with Crippen LogP contribution in [-0.4, -0.2) is 30.2 Å². The fraction of sp³-hybridized carbons (Fsp3) is 0.364. The lowest BCUT2D eigenvalue weighted by Gasteiger charge is -2.30. The number of hydrogen-bond donors (Lipinski definition) is 1. The molecule has 1 atom stereocenters. The second-order valence-electron chi connectivity index (χ2n) is 8.17. The van der Waals surface area contributed by atoms with Crippen molar-refractivity contribution in [2.75, 3.05) is 0 Å². The van der Waals surface area contributed by atoms with E-state index >= 15 is 0 Å². The van der Waals surface area contributed by atoms with Crippen molar-refractivity contribution in [1.29, 1.82) is 5.26 Å². The summed E-state index contributed by atoms with van der Waals surface area (Å²) in [4.78, 5) is 3.83. The molecule has 0 aliphatic heterocycles. The van der Waals surface area contributed by atoms with Crippen LogP contribution in [0.3, 0.4) is 0 Å². The van der Waals surface area contributed by atoms with Crippen molar-refractivity contribution in [3.8, 4) is 17.5 Å². The molecule has 1 saturated carbocycles. The Morgan fingerprint density at radius 1 is 1.30 bits per heavy atom. The highest BCUT2D eigenvalue weighted by Gasteiger charge is 2.39. The lowest BCUT2D eigenvalue weighted by Crippen LogP contribution is -2.42. The minimum atomic E-state index is -4.72. The molecule has 2 heterocycles. The summed E-state index contributed by atoms with van der Waals surface area (Å²) in [6, 6.07) is 6.39. The number of nitriles is 1. The maximum atomic E-state index is 12.8. The normalized spacial score (nSPS) is 15.9. The van der Waals surface area contributed by atoms with E-state index in [0.717, 1.165) is 43.5 Å². The SMILES string of the molecule is Cc1cc2c(cc1Cl)c(C#N)c(-c1ccc(S(=O)(=O)N[C@@H](C)C(F)(F)F)cn1)n2C1CCC1. The van der Waals surface area contributed by atoms with Gasteiger partial charge in [0.1, 0.15) is 17.0 Å². The third-order valence-electron chi connectivity index (χ3n) is 5.95. The molecule has 1 aliphatic carbocycles. The topological polar surface area (TPSA) is 87.8 Å². The number of aryl methyl sites for hydroxylation is 1. The van der Waals surface area contributed by atoms with Crippen LogP contribution in [-0.2, 0) is 10.0 Å². The third kappa shape index (κ3) is 4.21. The van der Waals surface area contributed by atoms with Gasteiger partial charge in [-0.05, 0) is 62.9 Å². The van der Waals surface area contributed by atoms with Crippen molar-refractivity contribution in [2.24, 2.45) is 0 Å². The van der Waals surface area contributed by atoms with E-state index in [2.05, 4.69) is 11.1 Å². The molecule has 11 heteroatoms. The van der Waals surface area contributed by atoms with Gasteiger partial charge in [-0.2, -0.15) is 23.2 Å². The Balaban J connectivity index is 1.82. The van der Waals surface area contributed by atoms with Crippen molar-refractivity contribution in [3.63, 3.8) is 0 Å². The molecule has 1 aromatic carbocycles. The highest BCUT2D eigenvalue weighted by atomic mass is 35.5. The van der Waals surface area contributed by atoms with Crippen molar-refractivity contribution < 1.29 is 21.6 Å². The Kier molecular flexibility index (Phi) is 5.93. The number of rotatable bonds is 5. The molecule has 1 fully saturated rings. The van der Waals surface area contributed by atoms with Crippen LogP contribution >= 0.6 is 11.6 Å². The first kappa shape index (κ1) is 23.5. The highest BCUT2D eigenvalue weighted by Crippen LogP contribution is 2.43. The molecule has 33 heavy (non-hydrogen) atoms. The Bertz CT molecular complexity index is 1370. The molecule has 4 rings (SSSR count). The number of nitrogens with one attached hydrogen (secondary N) is 1. The molecule has 0 saturated heterocycles. The molecule has 0 spiro atoms. The zero-order valence-electron chi connectivity index (χ0n) is 17.7. The summed E-state index contributed by atoms with van der Waals surface area (Å²) in [7, 11) is -4.43. The van der Waals surface area contributed by atoms with Crippen LogP contribution in [0.5, 0.6) is 0 Å². The van der Waals surface area contributed by atoms with Crippen molar-refractivity contribution in [3.05, 3.63) is 46.6 Å². The summed E-state index contributed by atoms with van der Waals surface area (Å²) in [6.07, 6.45) is -0.815. The van der Waals surface area contributed by atoms with Crippen molar-refractivity contribution >= 4 is 32.5 Å². The van der Waals surface area contributed by atoms with Gasteiger partial charge in [0.25, 0.3) is 0 Å². The summed E-state index contributed by atoms with van der Waals surface area (Å²) in [6.45, 7) is 2.60. The maximum Gasteiger partial charge on any atom is 0.404 e. The van der Waals surface area contributed by atoms with Gasteiger partial charge in [0.05, 0.1) is 22.5 Å². The van der Waals surface area contributed by atoms with Gasteiger partial charge < -0.3 is 4.57 Å². The molecule has 3 aromatic rings. The number of halogens is 4. The molecule has 174 valence electrons. The second-order valence-corrected chi connectivity index (χ2v) is 10.3. The van der Waals surface area contributed by atoms with Gasteiger partial charge in [0.15, 0.2) is 0 Å². The van der Waals surface area contributed by atoms with E-state index in [4.69, 9.17) is 11.6 Å². The molecule has 1 aliphatic rings. The molecule has 0 radical (unpaired) electrons. The zero-order valence-corrected chi connectivity index (χ0v) is 19.3. The number of aromatic nitrogens is 2. The van der Waals surface area contributed by atoms with Gasteiger partial charge in [0, 0.05) is 22.6 Å². The Morgan fingerprint density at radius 3 is 2.52 bits per heavy atom. The van der Waals surface area contributed by atoms with Gasteiger partial charge in [-0.15, -0.1) is 0 Å². The quantitative estimate of drug-likeness (QED) is 0.506. The fourth-order valence-electron chi connectivity index (χ4n) is 3.87. The average molecular weight is 497 g/mol. The Labute approximate surface area is 194 Å². The Hall–Kier alpha value is -2.61. The van der Waals surface area contributed by atoms with Crippen LogP contribution in [0.4, 0.5) is 13.2 Å². The standard InChI is InChI=1S/C22H20ClF3N4O2S/c1-12-8-20-16(9-18(12)23)17(10-27)21(30(20)14-4-3-5-14)19-7-6-15(11-28-19)33(31,32)29-13(2)22(24,25)26/h6-9,11,13-14,29H,3-5H2,1-2H3/t13-/m0/s1. The lowest BCUT2D eigenvalue weighted by atomic mass is 9.92. The zero-order chi connectivity index (χ0) is 24.1. The molecule has 2 aromatic heterocycles. The third-order valence-corrected chi connectivity index (χ3v) is 7.88. The van der Waals surface area contributed by atoms with Crippen LogP contribution in [0.15, 0.2) is 35.4 Å².